The topological polar surface area (TPSA) is 127 Å². The Labute approximate surface area is 61.0 Å². The van der Waals surface area contributed by atoms with E-state index in [-0.39, 0.29) is 16.8 Å². The molecule has 0 aliphatic heterocycles. The Bertz CT molecular complexity index is 74.6. The molecule has 0 heterocycles. The summed E-state index contributed by atoms with van der Waals surface area (Å²) in [5.41, 5.74) is 8.06. The molecule has 57 valence electrons. The maximum Gasteiger partial charge on any atom is 0.402 e. The van der Waals surface area contributed by atoms with Gasteiger partial charge in [-0.05, 0) is 0 Å². The average Bonchev–Trinajstić information content (AvgIpc) is 1.25. The molecule has 0 fully saturated rings. The molecule has 0 aliphatic carbocycles. The second-order valence-corrected chi connectivity index (χ2v) is 0.676. The van der Waals surface area contributed by atoms with Crippen LogP contribution in [0.15, 0.2) is 0 Å². The van der Waals surface area contributed by atoms with Gasteiger partial charge in [-0.3, -0.25) is 0 Å². The van der Waals surface area contributed by atoms with Crippen molar-refractivity contribution in [1.29, 1.82) is 0 Å². The summed E-state index contributed by atoms with van der Waals surface area (Å²) in [6.45, 7) is 0. The van der Waals surface area contributed by atoms with Crippen LogP contribution in [-0.2, 0) is 16.8 Å². The number of hydrogen-bond donors (Lipinski definition) is 4. The van der Waals surface area contributed by atoms with Crippen molar-refractivity contribution in [3.05, 3.63) is 0 Å². The fourth-order valence-corrected chi connectivity index (χ4v) is 0. The first-order chi connectivity index (χ1) is 3.46. The van der Waals surface area contributed by atoms with Crippen molar-refractivity contribution in [2.45, 2.75) is 0 Å². The van der Waals surface area contributed by atoms with Crippen molar-refractivity contribution in [2.75, 3.05) is 0 Å². The van der Waals surface area contributed by atoms with E-state index in [0.29, 0.717) is 0 Å². The van der Waals surface area contributed by atoms with Crippen molar-refractivity contribution in [2.24, 2.45) is 11.5 Å². The molecule has 0 aromatic rings. The van der Waals surface area contributed by atoms with Gasteiger partial charge in [0.2, 0.25) is 0 Å². The third kappa shape index (κ3) is 197. The van der Waals surface area contributed by atoms with Gasteiger partial charge in [0, 0.05) is 16.8 Å². The maximum atomic E-state index is 8.78. The third-order valence-electron chi connectivity index (χ3n) is 0. The predicted octanol–water partition coefficient (Wildman–Crippen LogP) is -0.756. The predicted molar refractivity (Wildman–Crippen MR) is 24.4 cm³/mol. The monoisotopic (exact) mass is 181 g/mol. The second kappa shape index (κ2) is 10.1. The van der Waals surface area contributed by atoms with Gasteiger partial charge in [-0.2, -0.15) is 0 Å². The van der Waals surface area contributed by atoms with Crippen molar-refractivity contribution < 1.29 is 36.6 Å². The minimum atomic E-state index is -1.33. The summed E-state index contributed by atoms with van der Waals surface area (Å²) >= 11 is 0. The smallest absolute Gasteiger partial charge is 0.402 e. The summed E-state index contributed by atoms with van der Waals surface area (Å²) in [6.07, 6.45) is -2.67. The zero-order valence-electron chi connectivity index (χ0n) is 4.20. The molecule has 0 rings (SSSR count). The zero-order valence-corrected chi connectivity index (χ0v) is 5.24. The summed E-state index contributed by atoms with van der Waals surface area (Å²) in [7, 11) is 0. The van der Waals surface area contributed by atoms with Crippen LogP contribution in [-0.4, -0.2) is 22.4 Å². The first kappa shape index (κ1) is 15.7. The molecular weight excluding hydrogens is 175 g/mol. The number of primary amides is 2. The minimum absolute atomic E-state index is 0. The molecule has 7 heteroatoms. The van der Waals surface area contributed by atoms with E-state index in [0.717, 1.165) is 0 Å². The molecule has 1 radical (unpaired) electrons. The maximum absolute atomic E-state index is 8.78. The van der Waals surface area contributed by atoms with Gasteiger partial charge in [-0.15, -0.1) is 0 Å². The summed E-state index contributed by atoms with van der Waals surface area (Å²) in [4.78, 5) is 17.6. The SMILES string of the molecule is NC(=O)O.NC(=O)O.[Co]. The molecule has 0 bridgehead atoms. The molecule has 2 amide bonds. The first-order valence-electron chi connectivity index (χ1n) is 1.43. The Morgan fingerprint density at radius 2 is 1.00 bits per heavy atom. The Balaban J connectivity index is -0.0000000720. The molecule has 6 nitrogen and oxygen atoms in total. The first-order valence-corrected chi connectivity index (χ1v) is 1.43. The molecule has 0 spiro atoms. The van der Waals surface area contributed by atoms with Crippen molar-refractivity contribution >= 4 is 12.2 Å². The van der Waals surface area contributed by atoms with Crippen LogP contribution in [0, 0.1) is 0 Å². The van der Waals surface area contributed by atoms with Crippen LogP contribution < -0.4 is 11.5 Å². The molecule has 0 atom stereocenters. The molecule has 6 N–H and O–H groups in total. The molecule has 9 heavy (non-hydrogen) atoms. The van der Waals surface area contributed by atoms with Gasteiger partial charge in [0.15, 0.2) is 0 Å². The van der Waals surface area contributed by atoms with Crippen LogP contribution in [0.5, 0.6) is 0 Å². The fraction of sp³-hybridized carbons (Fsp3) is 0. The van der Waals surface area contributed by atoms with Crippen molar-refractivity contribution in [3.8, 4) is 0 Å². The number of nitrogens with two attached hydrogens (primary N) is 2. The van der Waals surface area contributed by atoms with E-state index in [1.807, 2.05) is 0 Å². The Morgan fingerprint density at radius 3 is 1.00 bits per heavy atom. The van der Waals surface area contributed by atoms with E-state index in [4.69, 9.17) is 19.8 Å². The van der Waals surface area contributed by atoms with E-state index < -0.39 is 12.2 Å². The Hall–Kier alpha value is -0.954. The van der Waals surface area contributed by atoms with Crippen LogP contribution in [0.4, 0.5) is 9.59 Å². The molecule has 0 unspecified atom stereocenters. The van der Waals surface area contributed by atoms with Gasteiger partial charge < -0.3 is 21.7 Å². The Kier molecular flexibility index (Phi) is 17.6. The van der Waals surface area contributed by atoms with Crippen LogP contribution in [0.3, 0.4) is 0 Å². The van der Waals surface area contributed by atoms with Gasteiger partial charge in [0.25, 0.3) is 0 Å². The number of amides is 2. The largest absolute Gasteiger partial charge is 0.465 e. The van der Waals surface area contributed by atoms with Crippen molar-refractivity contribution in [1.82, 2.24) is 0 Å². The van der Waals surface area contributed by atoms with E-state index in [2.05, 4.69) is 11.5 Å². The summed E-state index contributed by atoms with van der Waals surface area (Å²) < 4.78 is 0. The normalized spacial score (nSPS) is 5.33. The number of hydrogen-bond acceptors (Lipinski definition) is 2. The van der Waals surface area contributed by atoms with Crippen LogP contribution in [0.25, 0.3) is 0 Å². The average molecular weight is 181 g/mol. The number of carboxylic acid groups (broad SMARTS) is 2. The summed E-state index contributed by atoms with van der Waals surface area (Å²) in [5, 5.41) is 14.4. The van der Waals surface area contributed by atoms with E-state index in [1.54, 1.807) is 0 Å². The van der Waals surface area contributed by atoms with Gasteiger partial charge in [0.1, 0.15) is 0 Å². The Morgan fingerprint density at radius 1 is 1.00 bits per heavy atom. The number of carbonyl (C=O) groups is 2. The fourth-order valence-electron chi connectivity index (χ4n) is 0. The molecule has 0 aromatic heterocycles. The second-order valence-electron chi connectivity index (χ2n) is 0.676. The van der Waals surface area contributed by atoms with Crippen LogP contribution >= 0.6 is 0 Å². The quantitative estimate of drug-likeness (QED) is 0.391. The molecule has 0 aromatic carbocycles. The molecule has 0 saturated carbocycles. The molecular formula is C2H6CoN2O4. The van der Waals surface area contributed by atoms with Gasteiger partial charge in [0.05, 0.1) is 0 Å². The third-order valence-corrected chi connectivity index (χ3v) is 0. The molecule has 0 aliphatic rings. The van der Waals surface area contributed by atoms with Gasteiger partial charge >= 0.3 is 12.2 Å². The minimum Gasteiger partial charge on any atom is -0.465 e. The van der Waals surface area contributed by atoms with Crippen LogP contribution in [0.2, 0.25) is 0 Å². The summed E-state index contributed by atoms with van der Waals surface area (Å²) in [5.74, 6) is 0. The summed E-state index contributed by atoms with van der Waals surface area (Å²) in [6, 6.07) is 0. The van der Waals surface area contributed by atoms with Crippen molar-refractivity contribution in [3.63, 3.8) is 0 Å². The van der Waals surface area contributed by atoms with Gasteiger partial charge in [-0.1, -0.05) is 0 Å². The van der Waals surface area contributed by atoms with E-state index in [9.17, 15) is 0 Å². The van der Waals surface area contributed by atoms with E-state index >= 15 is 0 Å². The standard InChI is InChI=1S/2CH3NO2.Co/c2*2-1(3)4;/h2*2H2,(H,3,4);. The number of rotatable bonds is 0. The van der Waals surface area contributed by atoms with Gasteiger partial charge in [-0.25, -0.2) is 9.59 Å². The zero-order chi connectivity index (χ0) is 7.15. The van der Waals surface area contributed by atoms with E-state index in [1.165, 1.54) is 0 Å². The van der Waals surface area contributed by atoms with Crippen LogP contribution in [0.1, 0.15) is 0 Å². The molecule has 0 saturated heterocycles.